The number of rotatable bonds is 7. The van der Waals surface area contributed by atoms with Gasteiger partial charge in [-0.25, -0.2) is 4.79 Å². The third-order valence-electron chi connectivity index (χ3n) is 10.8. The van der Waals surface area contributed by atoms with Crippen LogP contribution in [0.2, 0.25) is 33.2 Å². The highest BCUT2D eigenvalue weighted by Crippen LogP contribution is 2.43. The molecule has 0 spiro atoms. The Balaban J connectivity index is 2.24. The van der Waals surface area contributed by atoms with Crippen molar-refractivity contribution in [3.05, 3.63) is 71.3 Å². The van der Waals surface area contributed by atoms with Crippen molar-refractivity contribution in [3.63, 3.8) is 0 Å². The van der Waals surface area contributed by atoms with Crippen LogP contribution >= 0.6 is 0 Å². The van der Waals surface area contributed by atoms with Crippen molar-refractivity contribution in [2.75, 3.05) is 0 Å². The molecule has 0 aliphatic heterocycles. The van der Waals surface area contributed by atoms with E-state index in [9.17, 15) is 9.90 Å². The molecule has 0 aliphatic rings. The fourth-order valence-corrected chi connectivity index (χ4v) is 18.9. The number of aromatic carboxylic acids is 1. The zero-order valence-corrected chi connectivity index (χ0v) is 31.5. The summed E-state index contributed by atoms with van der Waals surface area (Å²) in [6.45, 7) is 28.3. The van der Waals surface area contributed by atoms with Gasteiger partial charge in [-0.2, -0.15) is 0 Å². The van der Waals surface area contributed by atoms with E-state index in [1.54, 1.807) is 12.1 Å². The quantitative estimate of drug-likeness (QED) is 0.125. The summed E-state index contributed by atoms with van der Waals surface area (Å²) in [5.41, 5.74) is 13.6. The van der Waals surface area contributed by atoms with E-state index >= 15 is 0 Å². The SMILES string of the molecule is CC(C)[Si](C#Cc1c2ccccc2c(C#C[Si](C(C)C)(C(C)C)C(C)C)c2cc3cc(C(=O)O)ccc3cc12)(C(C)C)C(C)C. The molecule has 2 nitrogen and oxygen atoms in total. The lowest BCUT2D eigenvalue weighted by atomic mass is 9.90. The zero-order chi connectivity index (χ0) is 33.4. The van der Waals surface area contributed by atoms with E-state index in [0.29, 0.717) is 38.8 Å². The highest BCUT2D eigenvalue weighted by Gasteiger charge is 2.42. The number of fused-ring (bicyclic) bond motifs is 3. The molecule has 0 amide bonds. The highest BCUT2D eigenvalue weighted by molar-refractivity contribution is 6.91. The molecule has 1 N–H and O–H groups in total. The van der Waals surface area contributed by atoms with Gasteiger partial charge in [0.1, 0.15) is 16.1 Å². The molecule has 0 saturated heterocycles. The molecule has 4 rings (SSSR count). The molecular formula is C41H52O2Si2. The molecule has 0 aromatic heterocycles. The van der Waals surface area contributed by atoms with Gasteiger partial charge in [-0.15, -0.1) is 11.1 Å². The van der Waals surface area contributed by atoms with Gasteiger partial charge < -0.3 is 5.11 Å². The van der Waals surface area contributed by atoms with Crippen LogP contribution in [0.1, 0.15) is 105 Å². The minimum Gasteiger partial charge on any atom is -0.478 e. The number of benzene rings is 4. The molecule has 0 heterocycles. The summed E-state index contributed by atoms with van der Waals surface area (Å²) in [6.07, 6.45) is 0. The Hall–Kier alpha value is -3.32. The first-order valence-electron chi connectivity index (χ1n) is 16.8. The average molecular weight is 633 g/mol. The Morgan fingerprint density at radius 1 is 0.533 bits per heavy atom. The maximum Gasteiger partial charge on any atom is 0.335 e. The van der Waals surface area contributed by atoms with Gasteiger partial charge in [-0.1, -0.05) is 125 Å². The molecule has 236 valence electrons. The number of carboxylic acid groups (broad SMARTS) is 1. The van der Waals surface area contributed by atoms with E-state index in [-0.39, 0.29) is 0 Å². The molecule has 0 radical (unpaired) electrons. The Kier molecular flexibility index (Phi) is 10.1. The van der Waals surface area contributed by atoms with Crippen LogP contribution in [-0.2, 0) is 0 Å². The predicted molar refractivity (Wildman–Crippen MR) is 202 cm³/mol. The Morgan fingerprint density at radius 3 is 1.27 bits per heavy atom. The van der Waals surface area contributed by atoms with Gasteiger partial charge in [-0.05, 0) is 89.8 Å². The second kappa shape index (κ2) is 13.2. The van der Waals surface area contributed by atoms with Crippen LogP contribution in [-0.4, -0.2) is 27.2 Å². The van der Waals surface area contributed by atoms with Crippen molar-refractivity contribution < 1.29 is 9.90 Å². The average Bonchev–Trinajstić information content (AvgIpc) is 2.95. The molecule has 0 aliphatic carbocycles. The van der Waals surface area contributed by atoms with Crippen molar-refractivity contribution >= 4 is 54.4 Å². The van der Waals surface area contributed by atoms with E-state index in [1.165, 1.54) is 0 Å². The molecule has 4 aromatic carbocycles. The van der Waals surface area contributed by atoms with Crippen LogP contribution in [0.5, 0.6) is 0 Å². The number of carboxylic acids is 1. The van der Waals surface area contributed by atoms with Gasteiger partial charge in [0, 0.05) is 11.1 Å². The van der Waals surface area contributed by atoms with Gasteiger partial charge >= 0.3 is 5.97 Å². The predicted octanol–water partition coefficient (Wildman–Crippen LogP) is 12.0. The lowest BCUT2D eigenvalue weighted by Gasteiger charge is -2.38. The standard InChI is InChI=1S/C41H52O2Si2/c1-26(2)44(27(3)4,28(5)6)21-19-37-35-15-13-14-16-36(35)38(20-22-45(29(7)8,30(9)10)31(11)12)40-25-34-23-33(41(42)43)18-17-32(34)24-39(37)40/h13-18,23-31H,1-12H3,(H,42,43). The zero-order valence-electron chi connectivity index (χ0n) is 29.5. The van der Waals surface area contributed by atoms with E-state index < -0.39 is 22.1 Å². The van der Waals surface area contributed by atoms with Gasteiger partial charge in [0.25, 0.3) is 0 Å². The fraction of sp³-hybridized carbons (Fsp3) is 0.439. The first-order valence-corrected chi connectivity index (χ1v) is 21.3. The normalized spacial score (nSPS) is 12.6. The maximum absolute atomic E-state index is 11.9. The van der Waals surface area contributed by atoms with E-state index in [2.05, 4.69) is 142 Å². The molecule has 0 unspecified atom stereocenters. The minimum atomic E-state index is -2.02. The summed E-state index contributed by atoms with van der Waals surface area (Å²) in [5, 5.41) is 16.1. The van der Waals surface area contributed by atoms with Crippen molar-refractivity contribution in [1.82, 2.24) is 0 Å². The van der Waals surface area contributed by atoms with Gasteiger partial charge in [0.15, 0.2) is 0 Å². The molecule has 0 fully saturated rings. The maximum atomic E-state index is 11.9. The Bertz CT molecular complexity index is 1830. The smallest absolute Gasteiger partial charge is 0.335 e. The summed E-state index contributed by atoms with van der Waals surface area (Å²) in [4.78, 5) is 11.9. The minimum absolute atomic E-state index is 0.294. The molecule has 0 saturated carbocycles. The first kappa shape index (κ1) is 34.6. The molecule has 4 heteroatoms. The van der Waals surface area contributed by atoms with Gasteiger partial charge in [0.2, 0.25) is 0 Å². The van der Waals surface area contributed by atoms with Gasteiger partial charge in [0.05, 0.1) is 5.56 Å². The third kappa shape index (κ3) is 6.01. The number of carbonyl (C=O) groups is 1. The topological polar surface area (TPSA) is 37.3 Å². The Labute approximate surface area is 274 Å². The molecular weight excluding hydrogens is 581 g/mol. The van der Waals surface area contributed by atoms with Crippen molar-refractivity contribution in [2.24, 2.45) is 0 Å². The lowest BCUT2D eigenvalue weighted by Crippen LogP contribution is -2.43. The molecule has 0 bridgehead atoms. The second-order valence-electron chi connectivity index (χ2n) is 14.9. The summed E-state index contributed by atoms with van der Waals surface area (Å²) in [6, 6.07) is 18.4. The largest absolute Gasteiger partial charge is 0.478 e. The van der Waals surface area contributed by atoms with Gasteiger partial charge in [-0.3, -0.25) is 0 Å². The third-order valence-corrected chi connectivity index (χ3v) is 23.3. The van der Waals surface area contributed by atoms with Crippen molar-refractivity contribution in [2.45, 2.75) is 116 Å². The van der Waals surface area contributed by atoms with Crippen LogP contribution in [0.4, 0.5) is 0 Å². The van der Waals surface area contributed by atoms with E-state index in [4.69, 9.17) is 0 Å². The van der Waals surface area contributed by atoms with Crippen LogP contribution in [0.25, 0.3) is 32.3 Å². The highest BCUT2D eigenvalue weighted by atomic mass is 28.3. The fourth-order valence-electron chi connectivity index (χ4n) is 8.53. The molecule has 0 atom stereocenters. The Morgan fingerprint density at radius 2 is 0.911 bits per heavy atom. The molecule has 4 aromatic rings. The van der Waals surface area contributed by atoms with Crippen molar-refractivity contribution in [1.29, 1.82) is 0 Å². The summed E-state index contributed by atoms with van der Waals surface area (Å²) in [7, 11) is -4.01. The van der Waals surface area contributed by atoms with Crippen LogP contribution in [0.3, 0.4) is 0 Å². The van der Waals surface area contributed by atoms with Crippen LogP contribution in [0, 0.1) is 22.9 Å². The van der Waals surface area contributed by atoms with Crippen molar-refractivity contribution in [3.8, 4) is 22.9 Å². The second-order valence-corrected chi connectivity index (χ2v) is 26.0. The van der Waals surface area contributed by atoms with E-state index in [1.807, 2.05) is 6.07 Å². The van der Waals surface area contributed by atoms with E-state index in [0.717, 1.165) is 43.4 Å². The summed E-state index contributed by atoms with van der Waals surface area (Å²) in [5.74, 6) is 6.75. The monoisotopic (exact) mass is 632 g/mol. The summed E-state index contributed by atoms with van der Waals surface area (Å²) < 4.78 is 0. The molecule has 45 heavy (non-hydrogen) atoms. The van der Waals surface area contributed by atoms with Crippen LogP contribution < -0.4 is 0 Å². The van der Waals surface area contributed by atoms with Crippen LogP contribution in [0.15, 0.2) is 54.6 Å². The number of hydrogen-bond donors (Lipinski definition) is 1. The first-order chi connectivity index (χ1) is 21.1. The lowest BCUT2D eigenvalue weighted by molar-refractivity contribution is 0.0697. The number of hydrogen-bond acceptors (Lipinski definition) is 1. The summed E-state index contributed by atoms with van der Waals surface area (Å²) >= 11 is 0.